The fraction of sp³-hybridized carbons (Fsp3) is 1.00. The summed E-state index contributed by atoms with van der Waals surface area (Å²) in [5, 5.41) is 6.84. The Morgan fingerprint density at radius 3 is 2.43 bits per heavy atom. The largest absolute Gasteiger partial charge is 0.383 e. The van der Waals surface area contributed by atoms with Gasteiger partial charge in [-0.2, -0.15) is 0 Å². The zero-order chi connectivity index (χ0) is 10.3. The molecule has 0 atom stereocenters. The van der Waals surface area contributed by atoms with Crippen molar-refractivity contribution in [2.45, 2.75) is 26.2 Å². The maximum absolute atomic E-state index is 4.95. The molecule has 1 saturated carbocycles. The summed E-state index contributed by atoms with van der Waals surface area (Å²) in [7, 11) is 1.73. The molecule has 0 aromatic heterocycles. The maximum atomic E-state index is 4.95. The molecule has 0 spiro atoms. The van der Waals surface area contributed by atoms with E-state index in [1.54, 1.807) is 7.11 Å². The molecule has 0 aromatic rings. The third kappa shape index (κ3) is 4.40. The minimum Gasteiger partial charge on any atom is -0.383 e. The lowest BCUT2D eigenvalue weighted by molar-refractivity contribution is 0.199. The van der Waals surface area contributed by atoms with Gasteiger partial charge in [0.25, 0.3) is 0 Å². The minimum atomic E-state index is 0.673. The number of hydrogen-bond acceptors (Lipinski definition) is 3. The van der Waals surface area contributed by atoms with Gasteiger partial charge in [-0.05, 0) is 24.7 Å². The molecule has 0 aromatic carbocycles. The number of ether oxygens (including phenoxy) is 1. The van der Waals surface area contributed by atoms with Gasteiger partial charge < -0.3 is 15.4 Å². The monoisotopic (exact) mass is 200 g/mol. The van der Waals surface area contributed by atoms with Crippen molar-refractivity contribution in [2.75, 3.05) is 39.9 Å². The lowest BCUT2D eigenvalue weighted by Crippen LogP contribution is -2.32. The van der Waals surface area contributed by atoms with Crippen LogP contribution < -0.4 is 10.6 Å². The molecule has 0 heterocycles. The molecule has 0 unspecified atom stereocenters. The number of nitrogens with one attached hydrogen (secondary N) is 2. The summed E-state index contributed by atoms with van der Waals surface area (Å²) in [6, 6.07) is 0. The minimum absolute atomic E-state index is 0.673. The van der Waals surface area contributed by atoms with Gasteiger partial charge in [-0.25, -0.2) is 0 Å². The Bertz CT molecular complexity index is 146. The van der Waals surface area contributed by atoms with E-state index in [4.69, 9.17) is 4.74 Å². The SMILES string of the molecule is CCC1(CNCCNCCOC)CC1. The molecule has 84 valence electrons. The molecule has 0 aliphatic heterocycles. The van der Waals surface area contributed by atoms with E-state index in [2.05, 4.69) is 17.6 Å². The first-order valence-corrected chi connectivity index (χ1v) is 5.73. The number of methoxy groups -OCH3 is 1. The molecule has 0 saturated heterocycles. The van der Waals surface area contributed by atoms with Crippen molar-refractivity contribution < 1.29 is 4.74 Å². The lowest BCUT2D eigenvalue weighted by Gasteiger charge is -2.13. The highest BCUT2D eigenvalue weighted by atomic mass is 16.5. The maximum Gasteiger partial charge on any atom is 0.0587 e. The summed E-state index contributed by atoms with van der Waals surface area (Å²) in [5.74, 6) is 0. The van der Waals surface area contributed by atoms with Gasteiger partial charge in [0.05, 0.1) is 6.61 Å². The van der Waals surface area contributed by atoms with E-state index in [-0.39, 0.29) is 0 Å². The van der Waals surface area contributed by atoms with Crippen LogP contribution in [0, 0.1) is 5.41 Å². The average Bonchev–Trinajstić information content (AvgIpc) is 2.98. The van der Waals surface area contributed by atoms with Crippen LogP contribution in [-0.2, 0) is 4.74 Å². The van der Waals surface area contributed by atoms with E-state index in [9.17, 15) is 0 Å². The van der Waals surface area contributed by atoms with Crippen molar-refractivity contribution in [3.05, 3.63) is 0 Å². The van der Waals surface area contributed by atoms with E-state index >= 15 is 0 Å². The second-order valence-electron chi connectivity index (χ2n) is 4.27. The fourth-order valence-corrected chi connectivity index (χ4v) is 1.66. The average molecular weight is 200 g/mol. The van der Waals surface area contributed by atoms with Crippen LogP contribution >= 0.6 is 0 Å². The molecule has 1 rings (SSSR count). The molecule has 2 N–H and O–H groups in total. The molecular weight excluding hydrogens is 176 g/mol. The van der Waals surface area contributed by atoms with Crippen LogP contribution in [0.25, 0.3) is 0 Å². The van der Waals surface area contributed by atoms with Crippen LogP contribution in [0.2, 0.25) is 0 Å². The Labute approximate surface area is 87.6 Å². The Hall–Kier alpha value is -0.120. The Kier molecular flexibility index (Phi) is 5.45. The van der Waals surface area contributed by atoms with Gasteiger partial charge in [-0.1, -0.05) is 6.92 Å². The molecule has 0 bridgehead atoms. The topological polar surface area (TPSA) is 33.3 Å². The van der Waals surface area contributed by atoms with Crippen molar-refractivity contribution in [1.29, 1.82) is 0 Å². The van der Waals surface area contributed by atoms with Gasteiger partial charge in [0.1, 0.15) is 0 Å². The zero-order valence-electron chi connectivity index (χ0n) is 9.57. The van der Waals surface area contributed by atoms with Crippen molar-refractivity contribution >= 4 is 0 Å². The summed E-state index contributed by atoms with van der Waals surface area (Å²) in [5.41, 5.74) is 0.673. The summed E-state index contributed by atoms with van der Waals surface area (Å²) in [6.45, 7) is 7.38. The van der Waals surface area contributed by atoms with E-state index in [1.165, 1.54) is 25.8 Å². The summed E-state index contributed by atoms with van der Waals surface area (Å²) >= 11 is 0. The van der Waals surface area contributed by atoms with Crippen molar-refractivity contribution in [3.63, 3.8) is 0 Å². The van der Waals surface area contributed by atoms with Gasteiger partial charge in [0.15, 0.2) is 0 Å². The molecular formula is C11H24N2O. The van der Waals surface area contributed by atoms with Crippen LogP contribution in [0.4, 0.5) is 0 Å². The van der Waals surface area contributed by atoms with Crippen LogP contribution in [0.15, 0.2) is 0 Å². The molecule has 3 heteroatoms. The Morgan fingerprint density at radius 1 is 1.14 bits per heavy atom. The van der Waals surface area contributed by atoms with Crippen molar-refractivity contribution in [3.8, 4) is 0 Å². The second kappa shape index (κ2) is 6.38. The van der Waals surface area contributed by atoms with Crippen LogP contribution in [0.5, 0.6) is 0 Å². The first kappa shape index (κ1) is 12.0. The molecule has 1 aliphatic carbocycles. The Morgan fingerprint density at radius 2 is 1.86 bits per heavy atom. The lowest BCUT2D eigenvalue weighted by atomic mass is 10.0. The molecule has 1 fully saturated rings. The normalized spacial score (nSPS) is 18.4. The van der Waals surface area contributed by atoms with Crippen molar-refractivity contribution in [1.82, 2.24) is 10.6 Å². The van der Waals surface area contributed by atoms with E-state index < -0.39 is 0 Å². The van der Waals surface area contributed by atoms with E-state index in [0.29, 0.717) is 5.41 Å². The Balaban J connectivity index is 1.80. The quantitative estimate of drug-likeness (QED) is 0.545. The first-order chi connectivity index (χ1) is 6.83. The predicted octanol–water partition coefficient (Wildman–Crippen LogP) is 1.00. The first-order valence-electron chi connectivity index (χ1n) is 5.73. The zero-order valence-corrected chi connectivity index (χ0v) is 9.57. The molecule has 0 amide bonds. The third-order valence-corrected chi connectivity index (χ3v) is 3.17. The summed E-state index contributed by atoms with van der Waals surface area (Å²) in [6.07, 6.45) is 4.18. The van der Waals surface area contributed by atoms with Crippen LogP contribution in [0.3, 0.4) is 0 Å². The smallest absolute Gasteiger partial charge is 0.0587 e. The van der Waals surface area contributed by atoms with Gasteiger partial charge in [0, 0.05) is 33.3 Å². The standard InChI is InChI=1S/C11H24N2O/c1-3-11(4-5-11)10-13-7-6-12-8-9-14-2/h12-13H,3-10H2,1-2H3. The van der Waals surface area contributed by atoms with Crippen LogP contribution in [0.1, 0.15) is 26.2 Å². The summed E-state index contributed by atoms with van der Waals surface area (Å²) < 4.78 is 4.95. The van der Waals surface area contributed by atoms with Gasteiger partial charge in [0.2, 0.25) is 0 Å². The fourth-order valence-electron chi connectivity index (χ4n) is 1.66. The highest BCUT2D eigenvalue weighted by Crippen LogP contribution is 2.47. The summed E-state index contributed by atoms with van der Waals surface area (Å²) in [4.78, 5) is 0. The van der Waals surface area contributed by atoms with E-state index in [0.717, 1.165) is 26.2 Å². The van der Waals surface area contributed by atoms with E-state index in [1.807, 2.05) is 0 Å². The van der Waals surface area contributed by atoms with Crippen molar-refractivity contribution in [2.24, 2.45) is 5.41 Å². The number of hydrogen-bond donors (Lipinski definition) is 2. The molecule has 1 aliphatic rings. The van der Waals surface area contributed by atoms with Gasteiger partial charge >= 0.3 is 0 Å². The number of rotatable bonds is 9. The third-order valence-electron chi connectivity index (χ3n) is 3.17. The second-order valence-corrected chi connectivity index (χ2v) is 4.27. The molecule has 14 heavy (non-hydrogen) atoms. The molecule has 3 nitrogen and oxygen atoms in total. The highest BCUT2D eigenvalue weighted by Gasteiger charge is 2.39. The molecule has 0 radical (unpaired) electrons. The highest BCUT2D eigenvalue weighted by molar-refractivity contribution is 4.93. The van der Waals surface area contributed by atoms with Gasteiger partial charge in [-0.15, -0.1) is 0 Å². The van der Waals surface area contributed by atoms with Crippen LogP contribution in [-0.4, -0.2) is 39.9 Å². The van der Waals surface area contributed by atoms with Gasteiger partial charge in [-0.3, -0.25) is 0 Å². The predicted molar refractivity (Wildman–Crippen MR) is 59.6 cm³/mol.